The highest BCUT2D eigenvalue weighted by Crippen LogP contribution is 2.32. The molecular weight excluding hydrogens is 238 g/mol. The number of piperidine rings is 1. The molecule has 2 aromatic rings. The predicted molar refractivity (Wildman–Crippen MR) is 75.8 cm³/mol. The van der Waals surface area contributed by atoms with Crippen molar-refractivity contribution in [3.8, 4) is 0 Å². The Hall–Kier alpha value is -1.62. The summed E-state index contributed by atoms with van der Waals surface area (Å²) in [6.07, 6.45) is 5.68. The second-order valence-electron chi connectivity index (χ2n) is 5.56. The van der Waals surface area contributed by atoms with Gasteiger partial charge in [-0.1, -0.05) is 6.42 Å². The van der Waals surface area contributed by atoms with Gasteiger partial charge in [-0.15, -0.1) is 10.2 Å². The van der Waals surface area contributed by atoms with Gasteiger partial charge < -0.3 is 5.73 Å². The van der Waals surface area contributed by atoms with Crippen molar-refractivity contribution in [3.05, 3.63) is 24.2 Å². The van der Waals surface area contributed by atoms with Crippen LogP contribution in [0.25, 0.3) is 5.65 Å². The van der Waals surface area contributed by atoms with E-state index in [-0.39, 0.29) is 0 Å². The van der Waals surface area contributed by atoms with Crippen molar-refractivity contribution in [1.29, 1.82) is 0 Å². The zero-order valence-corrected chi connectivity index (χ0v) is 11.6. The molecule has 1 aliphatic heterocycles. The number of fused-ring (bicyclic) bond motifs is 1. The lowest BCUT2D eigenvalue weighted by molar-refractivity contribution is 0.105. The molecule has 3 rings (SSSR count). The molecule has 0 aliphatic carbocycles. The third kappa shape index (κ3) is 2.08. The number of hydrogen-bond donors (Lipinski definition) is 1. The van der Waals surface area contributed by atoms with E-state index < -0.39 is 0 Å². The normalized spacial score (nSPS) is 21.3. The van der Waals surface area contributed by atoms with E-state index in [1.807, 2.05) is 22.7 Å². The minimum absolute atomic E-state index is 0.352. The molecule has 0 aromatic carbocycles. The van der Waals surface area contributed by atoms with E-state index in [1.54, 1.807) is 0 Å². The number of rotatable bonds is 2. The first-order valence-electron chi connectivity index (χ1n) is 7.03. The largest absolute Gasteiger partial charge is 0.396 e. The van der Waals surface area contributed by atoms with Gasteiger partial charge in [-0.3, -0.25) is 9.30 Å². The number of pyridine rings is 1. The predicted octanol–water partition coefficient (Wildman–Crippen LogP) is 2.25. The molecule has 1 fully saturated rings. The summed E-state index contributed by atoms with van der Waals surface area (Å²) in [5.41, 5.74) is 7.41. The van der Waals surface area contributed by atoms with Crippen molar-refractivity contribution < 1.29 is 0 Å². The standard InChI is InChI=1S/C14H21N5/c1-10(2)18-8-4-3-7-12(18)14-17-16-13-11(15)6-5-9-19(13)14/h5-6,9-10,12H,3-4,7-8,15H2,1-2H3. The fourth-order valence-corrected chi connectivity index (χ4v) is 3.03. The summed E-state index contributed by atoms with van der Waals surface area (Å²) in [6, 6.07) is 4.70. The Morgan fingerprint density at radius 1 is 1.32 bits per heavy atom. The molecule has 19 heavy (non-hydrogen) atoms. The second-order valence-corrected chi connectivity index (χ2v) is 5.56. The lowest BCUT2D eigenvalue weighted by atomic mass is 10.00. The fourth-order valence-electron chi connectivity index (χ4n) is 3.03. The molecule has 1 aliphatic rings. The quantitative estimate of drug-likeness (QED) is 0.898. The molecule has 0 spiro atoms. The van der Waals surface area contributed by atoms with Crippen LogP contribution < -0.4 is 5.73 Å². The van der Waals surface area contributed by atoms with Crippen LogP contribution in [0, 0.1) is 0 Å². The summed E-state index contributed by atoms with van der Waals surface area (Å²) >= 11 is 0. The maximum Gasteiger partial charge on any atom is 0.184 e. The van der Waals surface area contributed by atoms with Gasteiger partial charge in [0.1, 0.15) is 0 Å². The average molecular weight is 259 g/mol. The third-order valence-electron chi connectivity index (χ3n) is 4.00. The van der Waals surface area contributed by atoms with E-state index in [2.05, 4.69) is 28.9 Å². The average Bonchev–Trinajstić information content (AvgIpc) is 2.84. The Morgan fingerprint density at radius 3 is 2.95 bits per heavy atom. The summed E-state index contributed by atoms with van der Waals surface area (Å²) < 4.78 is 2.04. The number of hydrogen-bond acceptors (Lipinski definition) is 4. The molecule has 2 aromatic heterocycles. The summed E-state index contributed by atoms with van der Waals surface area (Å²) in [5.74, 6) is 1.02. The van der Waals surface area contributed by atoms with Crippen molar-refractivity contribution in [2.45, 2.75) is 45.2 Å². The van der Waals surface area contributed by atoms with Gasteiger partial charge in [-0.25, -0.2) is 0 Å². The number of anilines is 1. The smallest absolute Gasteiger partial charge is 0.184 e. The van der Waals surface area contributed by atoms with Gasteiger partial charge in [0.25, 0.3) is 0 Å². The van der Waals surface area contributed by atoms with Crippen LogP contribution >= 0.6 is 0 Å². The van der Waals surface area contributed by atoms with Crippen molar-refractivity contribution in [2.24, 2.45) is 0 Å². The Labute approximate surface area is 113 Å². The maximum absolute atomic E-state index is 5.96. The summed E-state index contributed by atoms with van der Waals surface area (Å²) in [7, 11) is 0. The summed E-state index contributed by atoms with van der Waals surface area (Å²) in [4.78, 5) is 2.52. The molecule has 3 heterocycles. The van der Waals surface area contributed by atoms with Crippen LogP contribution in [0.3, 0.4) is 0 Å². The first kappa shape index (κ1) is 12.4. The topological polar surface area (TPSA) is 59.5 Å². The van der Waals surface area contributed by atoms with Gasteiger partial charge in [0.2, 0.25) is 0 Å². The molecule has 102 valence electrons. The monoisotopic (exact) mass is 259 g/mol. The van der Waals surface area contributed by atoms with Crippen LogP contribution in [0.5, 0.6) is 0 Å². The Kier molecular flexibility index (Phi) is 3.14. The van der Waals surface area contributed by atoms with Crippen molar-refractivity contribution in [2.75, 3.05) is 12.3 Å². The highest BCUT2D eigenvalue weighted by Gasteiger charge is 2.29. The highest BCUT2D eigenvalue weighted by molar-refractivity contribution is 5.63. The number of aromatic nitrogens is 3. The number of nitrogen functional groups attached to an aromatic ring is 1. The molecule has 0 bridgehead atoms. The molecule has 5 heteroatoms. The molecule has 0 amide bonds. The van der Waals surface area contributed by atoms with Gasteiger partial charge in [0.15, 0.2) is 11.5 Å². The highest BCUT2D eigenvalue weighted by atomic mass is 15.3. The third-order valence-corrected chi connectivity index (χ3v) is 4.00. The lowest BCUT2D eigenvalue weighted by Gasteiger charge is -2.37. The first-order chi connectivity index (χ1) is 9.18. The lowest BCUT2D eigenvalue weighted by Crippen LogP contribution is -2.39. The molecule has 2 N–H and O–H groups in total. The molecule has 5 nitrogen and oxygen atoms in total. The van der Waals surface area contributed by atoms with E-state index in [1.165, 1.54) is 12.8 Å². The van der Waals surface area contributed by atoms with Gasteiger partial charge in [-0.05, 0) is 45.4 Å². The Morgan fingerprint density at radius 2 is 2.16 bits per heavy atom. The zero-order chi connectivity index (χ0) is 13.4. The van der Waals surface area contributed by atoms with Gasteiger partial charge in [0, 0.05) is 12.2 Å². The molecule has 1 saturated heterocycles. The van der Waals surface area contributed by atoms with Crippen LogP contribution in [0.2, 0.25) is 0 Å². The van der Waals surface area contributed by atoms with E-state index in [4.69, 9.17) is 5.73 Å². The van der Waals surface area contributed by atoms with E-state index in [0.29, 0.717) is 17.8 Å². The van der Waals surface area contributed by atoms with Gasteiger partial charge >= 0.3 is 0 Å². The summed E-state index contributed by atoms with van der Waals surface area (Å²) in [6.45, 7) is 5.63. The number of nitrogens with zero attached hydrogens (tertiary/aromatic N) is 4. The Balaban J connectivity index is 2.05. The first-order valence-corrected chi connectivity index (χ1v) is 7.03. The van der Waals surface area contributed by atoms with Crippen LogP contribution in [0.4, 0.5) is 5.69 Å². The van der Waals surface area contributed by atoms with E-state index in [9.17, 15) is 0 Å². The SMILES string of the molecule is CC(C)N1CCCCC1c1nnc2c(N)cccn12. The number of likely N-dealkylation sites (tertiary alicyclic amines) is 1. The van der Waals surface area contributed by atoms with Gasteiger partial charge in [0.05, 0.1) is 11.7 Å². The molecule has 1 atom stereocenters. The minimum Gasteiger partial charge on any atom is -0.396 e. The van der Waals surface area contributed by atoms with Crippen LogP contribution in [0.15, 0.2) is 18.3 Å². The fraction of sp³-hybridized carbons (Fsp3) is 0.571. The number of nitrogens with two attached hydrogens (primary N) is 1. The zero-order valence-electron chi connectivity index (χ0n) is 11.6. The molecule has 1 unspecified atom stereocenters. The van der Waals surface area contributed by atoms with E-state index in [0.717, 1.165) is 24.4 Å². The van der Waals surface area contributed by atoms with E-state index >= 15 is 0 Å². The Bertz CT molecular complexity index is 574. The maximum atomic E-state index is 5.96. The van der Waals surface area contributed by atoms with Crippen LogP contribution in [-0.2, 0) is 0 Å². The van der Waals surface area contributed by atoms with Gasteiger partial charge in [-0.2, -0.15) is 0 Å². The van der Waals surface area contributed by atoms with Crippen molar-refractivity contribution in [1.82, 2.24) is 19.5 Å². The molecular formula is C14H21N5. The van der Waals surface area contributed by atoms with Crippen molar-refractivity contribution in [3.63, 3.8) is 0 Å². The summed E-state index contributed by atoms with van der Waals surface area (Å²) in [5, 5.41) is 8.65. The molecule has 0 saturated carbocycles. The van der Waals surface area contributed by atoms with Crippen LogP contribution in [0.1, 0.15) is 45.0 Å². The second kappa shape index (κ2) is 4.81. The van der Waals surface area contributed by atoms with Crippen LogP contribution in [-0.4, -0.2) is 32.1 Å². The minimum atomic E-state index is 0.352. The van der Waals surface area contributed by atoms with Crippen molar-refractivity contribution >= 4 is 11.3 Å². The molecule has 0 radical (unpaired) electrons.